The quantitative estimate of drug-likeness (QED) is 0.531. The van der Waals surface area contributed by atoms with Gasteiger partial charge in [0.05, 0.1) is 12.2 Å². The molecule has 3 atom stereocenters. The van der Waals surface area contributed by atoms with Crippen LogP contribution in [0.4, 0.5) is 0 Å². The van der Waals surface area contributed by atoms with Crippen LogP contribution in [0, 0.1) is 0 Å². The summed E-state index contributed by atoms with van der Waals surface area (Å²) in [6, 6.07) is 1.08. The largest absolute Gasteiger partial charge is 0.343 e. The molecule has 1 aliphatic rings. The number of hydrogen-bond acceptors (Lipinski definition) is 2. The van der Waals surface area contributed by atoms with Crippen LogP contribution < -0.4 is 0 Å². The third kappa shape index (κ3) is 3.22. The van der Waals surface area contributed by atoms with E-state index in [1.807, 2.05) is 13.8 Å². The van der Waals surface area contributed by atoms with Crippen molar-refractivity contribution in [3.8, 4) is 0 Å². The zero-order valence-corrected chi connectivity index (χ0v) is 11.0. The van der Waals surface area contributed by atoms with Gasteiger partial charge in [0.2, 0.25) is 0 Å². The Morgan fingerprint density at radius 1 is 1.14 bits per heavy atom. The molecule has 0 aromatic heterocycles. The maximum atomic E-state index is 5.68. The zero-order chi connectivity index (χ0) is 10.9. The molecule has 0 bridgehead atoms. The molecule has 1 rings (SSSR count). The van der Waals surface area contributed by atoms with E-state index in [0.29, 0.717) is 0 Å². The average Bonchev–Trinajstić information content (AvgIpc) is 2.28. The van der Waals surface area contributed by atoms with Gasteiger partial charge in [0.1, 0.15) is 0 Å². The highest BCUT2D eigenvalue weighted by Gasteiger charge is 2.32. The van der Waals surface area contributed by atoms with Crippen LogP contribution in [0.2, 0.25) is 25.7 Å². The smallest absolute Gasteiger partial charge is 0.180 e. The Morgan fingerprint density at radius 2 is 1.57 bits per heavy atom. The summed E-state index contributed by atoms with van der Waals surface area (Å²) in [5.74, 6) is 0. The molecule has 3 heteroatoms. The van der Waals surface area contributed by atoms with Gasteiger partial charge in [0, 0.05) is 8.07 Å². The van der Waals surface area contributed by atoms with Crippen molar-refractivity contribution in [2.24, 2.45) is 0 Å². The topological polar surface area (TPSA) is 18.5 Å². The lowest BCUT2D eigenvalue weighted by Gasteiger charge is -2.20. The molecule has 0 radical (unpaired) electrons. The van der Waals surface area contributed by atoms with Crippen molar-refractivity contribution in [2.45, 2.75) is 58.0 Å². The van der Waals surface area contributed by atoms with Crippen LogP contribution in [0.5, 0.6) is 0 Å². The molecular formula is C11H22O2Si. The fraction of sp³-hybridized carbons (Fsp3) is 0.818. The Kier molecular flexibility index (Phi) is 3.56. The monoisotopic (exact) mass is 214 g/mol. The van der Waals surface area contributed by atoms with Crippen molar-refractivity contribution in [3.63, 3.8) is 0 Å². The molecule has 14 heavy (non-hydrogen) atoms. The molecule has 0 aromatic carbocycles. The van der Waals surface area contributed by atoms with Crippen LogP contribution in [-0.4, -0.2) is 26.6 Å². The van der Waals surface area contributed by atoms with Gasteiger partial charge < -0.3 is 9.47 Å². The van der Waals surface area contributed by atoms with Gasteiger partial charge in [0.25, 0.3) is 0 Å². The average molecular weight is 214 g/mol. The number of hydrogen-bond donors (Lipinski definition) is 0. The molecule has 82 valence electrons. The molecule has 0 spiro atoms. The summed E-state index contributed by atoms with van der Waals surface area (Å²) in [7, 11) is -1.09. The van der Waals surface area contributed by atoms with Crippen LogP contribution in [0.15, 0.2) is 12.2 Å². The van der Waals surface area contributed by atoms with Crippen LogP contribution >= 0.6 is 0 Å². The summed E-state index contributed by atoms with van der Waals surface area (Å²) in [6.07, 6.45) is 0.225. The van der Waals surface area contributed by atoms with Crippen molar-refractivity contribution < 1.29 is 9.47 Å². The second-order valence-electron chi connectivity index (χ2n) is 5.41. The number of ether oxygens (including phenoxy) is 2. The van der Waals surface area contributed by atoms with E-state index >= 15 is 0 Å². The summed E-state index contributed by atoms with van der Waals surface area (Å²) in [5.41, 5.74) is 1.11. The molecule has 1 saturated heterocycles. The van der Waals surface area contributed by atoms with Crippen molar-refractivity contribution >= 4 is 8.07 Å². The summed E-state index contributed by atoms with van der Waals surface area (Å²) in [4.78, 5) is 0. The molecule has 0 aliphatic carbocycles. The third-order valence-corrected chi connectivity index (χ3v) is 3.94. The SMILES string of the molecule is C=C(C[Si](C)(C)C)C1O[C@@H](C)[C@@H](C)O1. The van der Waals surface area contributed by atoms with Crippen molar-refractivity contribution in [1.82, 2.24) is 0 Å². The molecule has 1 heterocycles. The van der Waals surface area contributed by atoms with E-state index in [0.717, 1.165) is 11.6 Å². The molecular weight excluding hydrogens is 192 g/mol. The summed E-state index contributed by atoms with van der Waals surface area (Å²) in [5, 5.41) is 0. The van der Waals surface area contributed by atoms with Crippen molar-refractivity contribution in [1.29, 1.82) is 0 Å². The lowest BCUT2D eigenvalue weighted by molar-refractivity contribution is -0.0329. The maximum Gasteiger partial charge on any atom is 0.180 e. The second-order valence-corrected chi connectivity index (χ2v) is 10.9. The van der Waals surface area contributed by atoms with E-state index in [4.69, 9.17) is 9.47 Å². The highest BCUT2D eigenvalue weighted by atomic mass is 28.3. The lowest BCUT2D eigenvalue weighted by atomic mass is 10.3. The lowest BCUT2D eigenvalue weighted by Crippen LogP contribution is -2.24. The predicted octanol–water partition coefficient (Wildman–Crippen LogP) is 3.03. The molecule has 1 unspecified atom stereocenters. The highest BCUT2D eigenvalue weighted by molar-refractivity contribution is 6.76. The minimum Gasteiger partial charge on any atom is -0.343 e. The third-order valence-electron chi connectivity index (χ3n) is 2.43. The normalized spacial score (nSPS) is 33.4. The van der Waals surface area contributed by atoms with Gasteiger partial charge in [-0.1, -0.05) is 26.2 Å². The van der Waals surface area contributed by atoms with Gasteiger partial charge in [-0.25, -0.2) is 0 Å². The van der Waals surface area contributed by atoms with E-state index in [-0.39, 0.29) is 18.5 Å². The number of rotatable bonds is 3. The van der Waals surface area contributed by atoms with E-state index < -0.39 is 8.07 Å². The van der Waals surface area contributed by atoms with Gasteiger partial charge in [-0.2, -0.15) is 0 Å². The summed E-state index contributed by atoms with van der Waals surface area (Å²) in [6.45, 7) is 15.2. The van der Waals surface area contributed by atoms with Crippen molar-refractivity contribution in [2.75, 3.05) is 0 Å². The van der Waals surface area contributed by atoms with E-state index in [2.05, 4.69) is 26.2 Å². The van der Waals surface area contributed by atoms with Crippen LogP contribution in [0.1, 0.15) is 13.8 Å². The summed E-state index contributed by atoms with van der Waals surface area (Å²) >= 11 is 0. The van der Waals surface area contributed by atoms with Gasteiger partial charge in [-0.05, 0) is 25.5 Å². The molecule has 0 aromatic rings. The van der Waals surface area contributed by atoms with Crippen LogP contribution in [0.25, 0.3) is 0 Å². The van der Waals surface area contributed by atoms with E-state index in [1.54, 1.807) is 0 Å². The minimum absolute atomic E-state index is 0.160. The standard InChI is InChI=1S/C11H22O2Si/c1-8(7-14(4,5)6)11-12-9(2)10(3)13-11/h9-11H,1,7H2,2-6H3/t9-,10+,11?. The Labute approximate surface area is 88.3 Å². The van der Waals surface area contributed by atoms with Crippen molar-refractivity contribution in [3.05, 3.63) is 12.2 Å². The zero-order valence-electron chi connectivity index (χ0n) is 9.96. The Bertz CT molecular complexity index is 210. The molecule has 0 amide bonds. The van der Waals surface area contributed by atoms with Gasteiger partial charge >= 0.3 is 0 Å². The van der Waals surface area contributed by atoms with E-state index in [9.17, 15) is 0 Å². The molecule has 0 saturated carbocycles. The van der Waals surface area contributed by atoms with E-state index in [1.165, 1.54) is 0 Å². The van der Waals surface area contributed by atoms with Crippen LogP contribution in [0.3, 0.4) is 0 Å². The Morgan fingerprint density at radius 3 is 1.93 bits per heavy atom. The molecule has 2 nitrogen and oxygen atoms in total. The molecule has 1 fully saturated rings. The highest BCUT2D eigenvalue weighted by Crippen LogP contribution is 2.27. The first-order chi connectivity index (χ1) is 6.29. The second kappa shape index (κ2) is 4.17. The first-order valence-electron chi connectivity index (χ1n) is 5.28. The molecule has 0 N–H and O–H groups in total. The van der Waals surface area contributed by atoms with Gasteiger partial charge in [-0.3, -0.25) is 0 Å². The van der Waals surface area contributed by atoms with Gasteiger partial charge in [0.15, 0.2) is 6.29 Å². The maximum absolute atomic E-state index is 5.68. The molecule has 1 aliphatic heterocycles. The fourth-order valence-electron chi connectivity index (χ4n) is 1.60. The fourth-order valence-corrected chi connectivity index (χ4v) is 3.13. The Balaban J connectivity index is 2.48. The predicted molar refractivity (Wildman–Crippen MR) is 62.2 cm³/mol. The Hall–Kier alpha value is -0.123. The van der Waals surface area contributed by atoms with Gasteiger partial charge in [-0.15, -0.1) is 0 Å². The van der Waals surface area contributed by atoms with Crippen LogP contribution in [-0.2, 0) is 9.47 Å². The first kappa shape index (κ1) is 11.9. The summed E-state index contributed by atoms with van der Waals surface area (Å²) < 4.78 is 11.4. The first-order valence-corrected chi connectivity index (χ1v) is 8.99. The minimum atomic E-state index is -1.09.